The molecular formula is C17H15ClFNO. The van der Waals surface area contributed by atoms with Gasteiger partial charge in [0.1, 0.15) is 5.82 Å². The Balaban J connectivity index is 1.91. The predicted octanol–water partition coefficient (Wildman–Crippen LogP) is 3.55. The molecule has 21 heavy (non-hydrogen) atoms. The normalized spacial score (nSPS) is 13.8. The van der Waals surface area contributed by atoms with E-state index in [0.29, 0.717) is 5.56 Å². The SMILES string of the molecule is O=C(Cc1cccc(F)c1Cl)c1cccc2c1CCNC2. The Labute approximate surface area is 127 Å². The molecule has 2 aromatic carbocycles. The number of nitrogens with one attached hydrogen (secondary N) is 1. The van der Waals surface area contributed by atoms with Gasteiger partial charge in [0, 0.05) is 18.5 Å². The molecule has 0 unspecified atom stereocenters. The fraction of sp³-hybridized carbons (Fsp3) is 0.235. The van der Waals surface area contributed by atoms with E-state index in [1.165, 1.54) is 6.07 Å². The molecule has 0 atom stereocenters. The van der Waals surface area contributed by atoms with Crippen molar-refractivity contribution in [1.29, 1.82) is 0 Å². The number of benzene rings is 2. The zero-order chi connectivity index (χ0) is 14.8. The summed E-state index contributed by atoms with van der Waals surface area (Å²) in [5.74, 6) is -0.498. The smallest absolute Gasteiger partial charge is 0.167 e. The van der Waals surface area contributed by atoms with E-state index >= 15 is 0 Å². The first-order valence-electron chi connectivity index (χ1n) is 6.94. The topological polar surface area (TPSA) is 29.1 Å². The van der Waals surface area contributed by atoms with Gasteiger partial charge >= 0.3 is 0 Å². The predicted molar refractivity (Wildman–Crippen MR) is 81.3 cm³/mol. The molecule has 0 saturated heterocycles. The van der Waals surface area contributed by atoms with Crippen molar-refractivity contribution in [3.63, 3.8) is 0 Å². The standard InChI is InChI=1S/C17H15ClFNO/c18-17-11(3-2-6-15(17)19)9-16(21)14-5-1-4-12-10-20-8-7-13(12)14/h1-6,20H,7-10H2. The maximum absolute atomic E-state index is 13.5. The molecule has 0 fully saturated rings. The van der Waals surface area contributed by atoms with Crippen LogP contribution in [0.15, 0.2) is 36.4 Å². The van der Waals surface area contributed by atoms with Gasteiger partial charge in [-0.15, -0.1) is 0 Å². The van der Waals surface area contributed by atoms with Crippen LogP contribution in [0.2, 0.25) is 5.02 Å². The summed E-state index contributed by atoms with van der Waals surface area (Å²) in [6.45, 7) is 1.66. The third-order valence-corrected chi connectivity index (χ3v) is 4.25. The fourth-order valence-corrected chi connectivity index (χ4v) is 2.94. The second kappa shape index (κ2) is 5.96. The van der Waals surface area contributed by atoms with Crippen molar-refractivity contribution in [2.45, 2.75) is 19.4 Å². The largest absolute Gasteiger partial charge is 0.312 e. The number of halogens is 2. The van der Waals surface area contributed by atoms with Gasteiger partial charge in [0.15, 0.2) is 5.78 Å². The Bertz CT molecular complexity index is 699. The van der Waals surface area contributed by atoms with Gasteiger partial charge in [-0.2, -0.15) is 0 Å². The van der Waals surface area contributed by atoms with Gasteiger partial charge in [0.2, 0.25) is 0 Å². The first kappa shape index (κ1) is 14.2. The second-order valence-electron chi connectivity index (χ2n) is 5.18. The Kier molecular flexibility index (Phi) is 4.04. The van der Waals surface area contributed by atoms with Crippen molar-refractivity contribution in [3.8, 4) is 0 Å². The van der Waals surface area contributed by atoms with Crippen LogP contribution in [0, 0.1) is 5.82 Å². The van der Waals surface area contributed by atoms with Crippen LogP contribution in [0.5, 0.6) is 0 Å². The maximum Gasteiger partial charge on any atom is 0.167 e. The van der Waals surface area contributed by atoms with Gasteiger partial charge in [0.25, 0.3) is 0 Å². The highest BCUT2D eigenvalue weighted by atomic mass is 35.5. The summed E-state index contributed by atoms with van der Waals surface area (Å²) in [5, 5.41) is 3.33. The van der Waals surface area contributed by atoms with E-state index < -0.39 is 5.82 Å². The average Bonchev–Trinajstić information content (AvgIpc) is 2.51. The molecule has 0 aliphatic carbocycles. The first-order valence-corrected chi connectivity index (χ1v) is 7.32. The Morgan fingerprint density at radius 3 is 2.90 bits per heavy atom. The molecule has 1 aliphatic heterocycles. The average molecular weight is 304 g/mol. The summed E-state index contributed by atoms with van der Waals surface area (Å²) in [6.07, 6.45) is 0.967. The van der Waals surface area contributed by atoms with Gasteiger partial charge in [0.05, 0.1) is 5.02 Å². The first-order chi connectivity index (χ1) is 10.2. The van der Waals surface area contributed by atoms with Crippen molar-refractivity contribution < 1.29 is 9.18 Å². The molecule has 3 rings (SSSR count). The lowest BCUT2D eigenvalue weighted by Crippen LogP contribution is -2.25. The second-order valence-corrected chi connectivity index (χ2v) is 5.56. The molecule has 0 aromatic heterocycles. The molecular weight excluding hydrogens is 289 g/mol. The molecule has 1 N–H and O–H groups in total. The summed E-state index contributed by atoms with van der Waals surface area (Å²) in [6, 6.07) is 10.3. The molecule has 1 aliphatic rings. The van der Waals surface area contributed by atoms with Crippen LogP contribution in [0.1, 0.15) is 27.0 Å². The minimum absolute atomic E-state index is 0.0127. The third-order valence-electron chi connectivity index (χ3n) is 3.82. The number of carbonyl (C=O) groups is 1. The van der Waals surface area contributed by atoms with Crippen molar-refractivity contribution >= 4 is 17.4 Å². The van der Waals surface area contributed by atoms with E-state index in [-0.39, 0.29) is 17.2 Å². The van der Waals surface area contributed by atoms with E-state index in [1.807, 2.05) is 18.2 Å². The lowest BCUT2D eigenvalue weighted by atomic mass is 9.91. The number of fused-ring (bicyclic) bond motifs is 1. The molecule has 4 heteroatoms. The molecule has 108 valence electrons. The lowest BCUT2D eigenvalue weighted by molar-refractivity contribution is 0.0992. The van der Waals surface area contributed by atoms with Crippen LogP contribution in [0.4, 0.5) is 4.39 Å². The van der Waals surface area contributed by atoms with Gasteiger partial charge in [-0.3, -0.25) is 4.79 Å². The summed E-state index contributed by atoms with van der Waals surface area (Å²) in [7, 11) is 0. The number of Topliss-reactive ketones (excluding diaryl/α,β-unsaturated/α-hetero) is 1. The van der Waals surface area contributed by atoms with Crippen LogP contribution in [0.3, 0.4) is 0 Å². The monoisotopic (exact) mass is 303 g/mol. The maximum atomic E-state index is 13.5. The van der Waals surface area contributed by atoms with Gasteiger partial charge in [-0.05, 0) is 35.7 Å². The van der Waals surface area contributed by atoms with Crippen molar-refractivity contribution in [1.82, 2.24) is 5.32 Å². The zero-order valence-corrected chi connectivity index (χ0v) is 12.2. The van der Waals surface area contributed by atoms with E-state index in [0.717, 1.165) is 36.2 Å². The number of ketones is 1. The van der Waals surface area contributed by atoms with E-state index in [1.54, 1.807) is 12.1 Å². The van der Waals surface area contributed by atoms with Crippen LogP contribution in [-0.4, -0.2) is 12.3 Å². The highest BCUT2D eigenvalue weighted by Crippen LogP contribution is 2.24. The van der Waals surface area contributed by atoms with Crippen LogP contribution in [0.25, 0.3) is 0 Å². The van der Waals surface area contributed by atoms with E-state index in [9.17, 15) is 9.18 Å². The number of hydrogen-bond acceptors (Lipinski definition) is 2. The van der Waals surface area contributed by atoms with Crippen molar-refractivity contribution in [3.05, 3.63) is 69.5 Å². The minimum Gasteiger partial charge on any atom is -0.312 e. The number of carbonyl (C=O) groups excluding carboxylic acids is 1. The van der Waals surface area contributed by atoms with Gasteiger partial charge < -0.3 is 5.32 Å². The number of rotatable bonds is 3. The molecule has 0 radical (unpaired) electrons. The minimum atomic E-state index is -0.485. The third kappa shape index (κ3) is 2.85. The van der Waals surface area contributed by atoms with Crippen molar-refractivity contribution in [2.75, 3.05) is 6.54 Å². The number of hydrogen-bond donors (Lipinski definition) is 1. The molecule has 0 spiro atoms. The quantitative estimate of drug-likeness (QED) is 0.879. The van der Waals surface area contributed by atoms with Crippen LogP contribution >= 0.6 is 11.6 Å². The van der Waals surface area contributed by atoms with E-state index in [4.69, 9.17) is 11.6 Å². The van der Waals surface area contributed by atoms with E-state index in [2.05, 4.69) is 5.32 Å². The molecule has 2 aromatic rings. The summed E-state index contributed by atoms with van der Waals surface area (Å²) >= 11 is 5.93. The van der Waals surface area contributed by atoms with Gasteiger partial charge in [-0.25, -0.2) is 4.39 Å². The molecule has 0 bridgehead atoms. The molecule has 0 saturated carbocycles. The molecule has 2 nitrogen and oxygen atoms in total. The van der Waals surface area contributed by atoms with Crippen LogP contribution in [-0.2, 0) is 19.4 Å². The lowest BCUT2D eigenvalue weighted by Gasteiger charge is -2.19. The summed E-state index contributed by atoms with van der Waals surface area (Å²) < 4.78 is 13.5. The molecule has 0 amide bonds. The fourth-order valence-electron chi connectivity index (χ4n) is 2.75. The summed E-state index contributed by atoms with van der Waals surface area (Å²) in [5.41, 5.74) is 3.54. The highest BCUT2D eigenvalue weighted by Gasteiger charge is 2.18. The Hall–Kier alpha value is -1.71. The zero-order valence-electron chi connectivity index (χ0n) is 11.5. The van der Waals surface area contributed by atoms with Gasteiger partial charge in [-0.1, -0.05) is 41.9 Å². The highest BCUT2D eigenvalue weighted by molar-refractivity contribution is 6.31. The summed E-state index contributed by atoms with van der Waals surface area (Å²) in [4.78, 5) is 12.5. The van der Waals surface area contributed by atoms with Crippen LogP contribution < -0.4 is 5.32 Å². The Morgan fingerprint density at radius 1 is 1.24 bits per heavy atom. The Morgan fingerprint density at radius 2 is 2.05 bits per heavy atom. The van der Waals surface area contributed by atoms with Crippen molar-refractivity contribution in [2.24, 2.45) is 0 Å². The molecule has 1 heterocycles.